The van der Waals surface area contributed by atoms with E-state index in [2.05, 4.69) is 106 Å². The summed E-state index contributed by atoms with van der Waals surface area (Å²) in [5, 5.41) is 0. The second-order valence-electron chi connectivity index (χ2n) is 21.3. The fraction of sp³-hybridized carbons (Fsp3) is 0.754. The molecule has 6 heteroatoms. The molecule has 0 radical (unpaired) electrons. The van der Waals surface area contributed by atoms with Crippen molar-refractivity contribution in [2.45, 2.75) is 322 Å². The average Bonchev–Trinajstić information content (AvgIpc) is 3.41. The van der Waals surface area contributed by atoms with Crippen LogP contribution in [0.2, 0.25) is 0 Å². The minimum Gasteiger partial charge on any atom is -0.462 e. The molecule has 0 aromatic carbocycles. The Morgan fingerprint density at radius 3 is 0.827 bits per heavy atom. The maximum absolute atomic E-state index is 12.8. The van der Waals surface area contributed by atoms with Gasteiger partial charge < -0.3 is 14.2 Å². The van der Waals surface area contributed by atoms with Crippen molar-refractivity contribution >= 4 is 17.9 Å². The van der Waals surface area contributed by atoms with E-state index < -0.39 is 6.10 Å². The van der Waals surface area contributed by atoms with Crippen LogP contribution in [0.5, 0.6) is 0 Å². The van der Waals surface area contributed by atoms with E-state index in [0.29, 0.717) is 19.3 Å². The molecule has 0 N–H and O–H groups in total. The zero-order valence-corrected chi connectivity index (χ0v) is 49.6. The summed E-state index contributed by atoms with van der Waals surface area (Å²) in [5.41, 5.74) is 0. The SMILES string of the molecule is CC/C=C\C/C=C\C/C=C\C/C=C\CCCCCCCCCCCCCCCCCCCCCCC(=O)OCC(COC(=O)CCCCCCCCCCCCC)OC(=O)CCCCC/C=C\C/C=C\C/C=C\CC. The van der Waals surface area contributed by atoms with Crippen LogP contribution in [0.25, 0.3) is 0 Å². The second kappa shape index (κ2) is 63.1. The van der Waals surface area contributed by atoms with Crippen LogP contribution >= 0.6 is 0 Å². The molecule has 0 saturated heterocycles. The molecule has 0 aliphatic carbocycles. The number of allylic oxidation sites excluding steroid dienone is 14. The quantitative estimate of drug-likeness (QED) is 0.0261. The molecule has 0 aliphatic rings. The van der Waals surface area contributed by atoms with Crippen molar-refractivity contribution in [1.29, 1.82) is 0 Å². The molecule has 0 rings (SSSR count). The van der Waals surface area contributed by atoms with E-state index in [9.17, 15) is 14.4 Å². The summed E-state index contributed by atoms with van der Waals surface area (Å²) in [5.74, 6) is -0.901. The molecule has 432 valence electrons. The van der Waals surface area contributed by atoms with Crippen molar-refractivity contribution in [1.82, 2.24) is 0 Å². The zero-order valence-electron chi connectivity index (χ0n) is 49.6. The molecule has 6 nitrogen and oxygen atoms in total. The minimum atomic E-state index is -0.787. The summed E-state index contributed by atoms with van der Waals surface area (Å²) in [6, 6.07) is 0. The summed E-state index contributed by atoms with van der Waals surface area (Å²) < 4.78 is 16.8. The van der Waals surface area contributed by atoms with Gasteiger partial charge in [-0.3, -0.25) is 14.4 Å². The predicted molar refractivity (Wildman–Crippen MR) is 325 cm³/mol. The van der Waals surface area contributed by atoms with Crippen LogP contribution in [-0.2, 0) is 28.6 Å². The van der Waals surface area contributed by atoms with E-state index in [-0.39, 0.29) is 31.1 Å². The van der Waals surface area contributed by atoms with Gasteiger partial charge in [0.15, 0.2) is 6.10 Å². The number of hydrogen-bond donors (Lipinski definition) is 0. The molecule has 0 aromatic heterocycles. The molecular weight excluding hydrogens is 925 g/mol. The van der Waals surface area contributed by atoms with Crippen molar-refractivity contribution < 1.29 is 28.6 Å². The van der Waals surface area contributed by atoms with Crippen molar-refractivity contribution in [3.8, 4) is 0 Å². The fourth-order valence-corrected chi connectivity index (χ4v) is 9.16. The lowest BCUT2D eigenvalue weighted by Gasteiger charge is -2.18. The maximum atomic E-state index is 12.8. The average molecular weight is 1050 g/mol. The standard InChI is InChI=1S/C69H120O6/c1-4-7-10-13-16-19-22-24-25-26-27-28-29-30-31-32-33-34-35-36-37-38-39-40-41-42-43-45-47-50-53-56-59-62-68(71)74-65-66(64-73-67(70)61-58-55-52-49-46-21-18-15-12-9-6-3)75-69(72)63-60-57-54-51-48-44-23-20-17-14-11-8-5-2/h7-8,10-11,16-17,19-20,24-25,27-28,44,48,66H,4-6,9,12-15,18,21-23,26,29-43,45-47,49-65H2,1-3H3/b10-7-,11-8-,19-16-,20-17-,25-24-,28-27-,48-44-. The molecule has 0 saturated carbocycles. The van der Waals surface area contributed by atoms with Crippen LogP contribution in [0.15, 0.2) is 85.1 Å². The summed E-state index contributed by atoms with van der Waals surface area (Å²) in [7, 11) is 0. The van der Waals surface area contributed by atoms with Crippen LogP contribution in [0.1, 0.15) is 316 Å². The summed E-state index contributed by atoms with van der Waals surface area (Å²) in [6.45, 7) is 6.41. The third-order valence-corrected chi connectivity index (χ3v) is 13.9. The number of carbonyl (C=O) groups excluding carboxylic acids is 3. The van der Waals surface area contributed by atoms with Crippen LogP contribution < -0.4 is 0 Å². The summed E-state index contributed by atoms with van der Waals surface area (Å²) in [4.78, 5) is 38.1. The van der Waals surface area contributed by atoms with Crippen LogP contribution in [0.3, 0.4) is 0 Å². The van der Waals surface area contributed by atoms with E-state index in [4.69, 9.17) is 14.2 Å². The fourth-order valence-electron chi connectivity index (χ4n) is 9.16. The van der Waals surface area contributed by atoms with E-state index in [1.165, 1.54) is 167 Å². The number of hydrogen-bond acceptors (Lipinski definition) is 6. The normalized spacial score (nSPS) is 12.6. The number of unbranched alkanes of at least 4 members (excludes halogenated alkanes) is 33. The van der Waals surface area contributed by atoms with Gasteiger partial charge in [-0.1, -0.05) is 292 Å². The molecule has 0 spiro atoms. The Labute approximate surface area is 465 Å². The number of esters is 3. The number of carbonyl (C=O) groups is 3. The highest BCUT2D eigenvalue weighted by Crippen LogP contribution is 2.17. The highest BCUT2D eigenvalue weighted by atomic mass is 16.6. The van der Waals surface area contributed by atoms with Crippen molar-refractivity contribution in [2.75, 3.05) is 13.2 Å². The summed E-state index contributed by atoms with van der Waals surface area (Å²) >= 11 is 0. The number of rotatable bonds is 58. The lowest BCUT2D eigenvalue weighted by Crippen LogP contribution is -2.30. The molecule has 0 heterocycles. The van der Waals surface area contributed by atoms with Crippen molar-refractivity contribution in [2.24, 2.45) is 0 Å². The second-order valence-corrected chi connectivity index (χ2v) is 21.3. The van der Waals surface area contributed by atoms with Crippen LogP contribution in [-0.4, -0.2) is 37.2 Å². The van der Waals surface area contributed by atoms with Crippen LogP contribution in [0.4, 0.5) is 0 Å². The maximum Gasteiger partial charge on any atom is 0.306 e. The Bertz CT molecular complexity index is 1430. The predicted octanol–water partition coefficient (Wildman–Crippen LogP) is 21.9. The van der Waals surface area contributed by atoms with E-state index >= 15 is 0 Å². The van der Waals surface area contributed by atoms with Gasteiger partial charge in [-0.05, 0) is 89.9 Å². The van der Waals surface area contributed by atoms with Gasteiger partial charge in [0.1, 0.15) is 13.2 Å². The Balaban J connectivity index is 4.07. The Morgan fingerprint density at radius 1 is 0.280 bits per heavy atom. The molecular formula is C69H120O6. The molecule has 0 fully saturated rings. The zero-order chi connectivity index (χ0) is 54.3. The largest absolute Gasteiger partial charge is 0.462 e. The smallest absolute Gasteiger partial charge is 0.306 e. The molecule has 1 atom stereocenters. The molecule has 1 unspecified atom stereocenters. The van der Waals surface area contributed by atoms with Gasteiger partial charge in [0.2, 0.25) is 0 Å². The first kappa shape index (κ1) is 71.6. The Morgan fingerprint density at radius 2 is 0.520 bits per heavy atom. The molecule has 0 aromatic rings. The van der Waals surface area contributed by atoms with Gasteiger partial charge >= 0.3 is 17.9 Å². The van der Waals surface area contributed by atoms with Gasteiger partial charge in [-0.2, -0.15) is 0 Å². The topological polar surface area (TPSA) is 78.9 Å². The molecule has 0 bridgehead atoms. The first-order valence-electron chi connectivity index (χ1n) is 32.1. The third-order valence-electron chi connectivity index (χ3n) is 13.9. The monoisotopic (exact) mass is 1040 g/mol. The highest BCUT2D eigenvalue weighted by Gasteiger charge is 2.19. The van der Waals surface area contributed by atoms with Gasteiger partial charge in [0.05, 0.1) is 0 Å². The van der Waals surface area contributed by atoms with E-state index in [1.807, 2.05) is 0 Å². The van der Waals surface area contributed by atoms with Gasteiger partial charge in [0.25, 0.3) is 0 Å². The number of ether oxygens (including phenoxy) is 3. The van der Waals surface area contributed by atoms with Gasteiger partial charge in [-0.15, -0.1) is 0 Å². The van der Waals surface area contributed by atoms with Crippen molar-refractivity contribution in [3.05, 3.63) is 85.1 Å². The molecule has 75 heavy (non-hydrogen) atoms. The molecule has 0 aliphatic heterocycles. The van der Waals surface area contributed by atoms with E-state index in [1.54, 1.807) is 0 Å². The Hall–Kier alpha value is -3.41. The lowest BCUT2D eigenvalue weighted by atomic mass is 10.0. The first-order chi connectivity index (χ1) is 37.0. The summed E-state index contributed by atoms with van der Waals surface area (Å²) in [6.07, 6.45) is 83.4. The minimum absolute atomic E-state index is 0.0835. The van der Waals surface area contributed by atoms with E-state index in [0.717, 1.165) is 109 Å². The first-order valence-corrected chi connectivity index (χ1v) is 32.1. The highest BCUT2D eigenvalue weighted by molar-refractivity contribution is 5.71. The van der Waals surface area contributed by atoms with Gasteiger partial charge in [0, 0.05) is 19.3 Å². The molecule has 0 amide bonds. The van der Waals surface area contributed by atoms with Crippen LogP contribution in [0, 0.1) is 0 Å². The Kier molecular flexibility index (Phi) is 60.3. The van der Waals surface area contributed by atoms with Gasteiger partial charge in [-0.25, -0.2) is 0 Å². The third kappa shape index (κ3) is 61.3. The lowest BCUT2D eigenvalue weighted by molar-refractivity contribution is -0.167. The van der Waals surface area contributed by atoms with Crippen molar-refractivity contribution in [3.63, 3.8) is 0 Å².